The summed E-state index contributed by atoms with van der Waals surface area (Å²) >= 11 is 0. The van der Waals surface area contributed by atoms with Gasteiger partial charge in [0.1, 0.15) is 0 Å². The Morgan fingerprint density at radius 1 is 1.19 bits per heavy atom. The number of carbonyl (C=O) groups excluding carboxylic acids is 1. The van der Waals surface area contributed by atoms with Crippen LogP contribution in [0.3, 0.4) is 0 Å². The first-order valence-corrected chi connectivity index (χ1v) is 9.77. The molecule has 0 aliphatic carbocycles. The van der Waals surface area contributed by atoms with Gasteiger partial charge in [0.15, 0.2) is 5.96 Å². The molecule has 0 saturated carbocycles. The Morgan fingerprint density at radius 3 is 2.54 bits per heavy atom. The van der Waals surface area contributed by atoms with Crippen LogP contribution in [0.25, 0.3) is 0 Å². The van der Waals surface area contributed by atoms with Crippen LogP contribution in [0.2, 0.25) is 0 Å². The molecule has 2 rings (SSSR count). The van der Waals surface area contributed by atoms with Crippen molar-refractivity contribution < 1.29 is 4.79 Å². The van der Waals surface area contributed by atoms with E-state index < -0.39 is 0 Å². The van der Waals surface area contributed by atoms with Gasteiger partial charge < -0.3 is 20.9 Å². The van der Waals surface area contributed by atoms with Crippen molar-refractivity contribution in [1.29, 1.82) is 0 Å². The van der Waals surface area contributed by atoms with Gasteiger partial charge in [-0.3, -0.25) is 14.7 Å². The monoisotopic (exact) mass is 480 g/mol. The third kappa shape index (κ3) is 8.39. The predicted molar refractivity (Wildman–Crippen MR) is 118 cm³/mol. The number of rotatable bonds is 6. The van der Waals surface area contributed by atoms with Crippen LogP contribution in [0.5, 0.6) is 0 Å². The number of nitrogens with one attached hydrogen (secondary N) is 3. The minimum atomic E-state index is 0. The summed E-state index contributed by atoms with van der Waals surface area (Å²) in [7, 11) is 3.89. The van der Waals surface area contributed by atoms with E-state index >= 15 is 0 Å². The van der Waals surface area contributed by atoms with Gasteiger partial charge in [-0.05, 0) is 52.1 Å². The fourth-order valence-electron chi connectivity index (χ4n) is 3.67. The maximum absolute atomic E-state index is 11.5. The van der Waals surface area contributed by atoms with Crippen LogP contribution in [-0.2, 0) is 4.79 Å². The molecule has 2 saturated heterocycles. The lowest BCUT2D eigenvalue weighted by Crippen LogP contribution is -2.50. The molecule has 1 atom stereocenters. The van der Waals surface area contributed by atoms with Gasteiger partial charge in [0.25, 0.3) is 0 Å². The van der Waals surface area contributed by atoms with Crippen molar-refractivity contribution in [2.24, 2.45) is 10.9 Å². The van der Waals surface area contributed by atoms with Gasteiger partial charge in [0, 0.05) is 45.8 Å². The predicted octanol–water partition coefficient (Wildman–Crippen LogP) is 0.712. The van der Waals surface area contributed by atoms with E-state index in [1.165, 1.54) is 19.4 Å². The van der Waals surface area contributed by atoms with Crippen molar-refractivity contribution in [2.45, 2.75) is 38.6 Å². The molecule has 7 nitrogen and oxygen atoms in total. The topological polar surface area (TPSA) is 72.0 Å². The van der Waals surface area contributed by atoms with E-state index in [0.717, 1.165) is 51.5 Å². The third-order valence-electron chi connectivity index (χ3n) is 5.15. The molecule has 8 heteroatoms. The second kappa shape index (κ2) is 12.7. The van der Waals surface area contributed by atoms with E-state index in [2.05, 4.69) is 39.7 Å². The highest BCUT2D eigenvalue weighted by atomic mass is 127. The van der Waals surface area contributed by atoms with E-state index in [1.54, 1.807) is 7.05 Å². The SMILES string of the molecule is CCNC(=NCC1CCCN(C)C1)NC1CCN(CC(=O)NC)CC1.I. The summed E-state index contributed by atoms with van der Waals surface area (Å²) in [6.07, 6.45) is 4.66. The van der Waals surface area contributed by atoms with Gasteiger partial charge >= 0.3 is 0 Å². The smallest absolute Gasteiger partial charge is 0.233 e. The molecule has 2 aliphatic heterocycles. The summed E-state index contributed by atoms with van der Waals surface area (Å²) in [5.41, 5.74) is 0. The lowest BCUT2D eigenvalue weighted by Gasteiger charge is -2.33. The number of amides is 1. The van der Waals surface area contributed by atoms with E-state index in [9.17, 15) is 4.79 Å². The molecule has 0 aromatic heterocycles. The number of halogens is 1. The van der Waals surface area contributed by atoms with Crippen molar-refractivity contribution in [1.82, 2.24) is 25.8 Å². The molecule has 2 fully saturated rings. The standard InChI is InChI=1S/C18H36N6O.HI/c1-4-20-18(21-12-15-6-5-9-23(3)13-15)22-16-7-10-24(11-8-16)14-17(25)19-2;/h15-16H,4-14H2,1-3H3,(H,19,25)(H2,20,21,22);1H. The second-order valence-corrected chi connectivity index (χ2v) is 7.36. The Morgan fingerprint density at radius 2 is 1.92 bits per heavy atom. The molecule has 152 valence electrons. The second-order valence-electron chi connectivity index (χ2n) is 7.36. The maximum atomic E-state index is 11.5. The van der Waals surface area contributed by atoms with Gasteiger partial charge in [-0.2, -0.15) is 0 Å². The molecule has 2 aliphatic rings. The Balaban J connectivity index is 0.00000338. The summed E-state index contributed by atoms with van der Waals surface area (Å²) in [5, 5.41) is 9.67. The number of hydrogen-bond acceptors (Lipinski definition) is 4. The number of likely N-dealkylation sites (N-methyl/N-ethyl adjacent to an activating group) is 1. The summed E-state index contributed by atoms with van der Waals surface area (Å²) in [6.45, 7) is 8.68. The van der Waals surface area contributed by atoms with E-state index in [0.29, 0.717) is 18.5 Å². The minimum Gasteiger partial charge on any atom is -0.358 e. The van der Waals surface area contributed by atoms with Crippen LogP contribution in [0.1, 0.15) is 32.6 Å². The van der Waals surface area contributed by atoms with Crippen LogP contribution in [-0.4, -0.2) is 87.6 Å². The normalized spacial score (nSPS) is 23.2. The number of piperidine rings is 2. The maximum Gasteiger partial charge on any atom is 0.233 e. The molecule has 26 heavy (non-hydrogen) atoms. The first kappa shape index (κ1) is 23.4. The summed E-state index contributed by atoms with van der Waals surface area (Å²) in [6, 6.07) is 0.438. The number of hydrogen-bond donors (Lipinski definition) is 3. The van der Waals surface area contributed by atoms with Gasteiger partial charge in [0.2, 0.25) is 5.91 Å². The molecule has 0 bridgehead atoms. The highest BCUT2D eigenvalue weighted by Gasteiger charge is 2.22. The fraction of sp³-hybridized carbons (Fsp3) is 0.889. The number of nitrogens with zero attached hydrogens (tertiary/aromatic N) is 3. The number of guanidine groups is 1. The molecule has 0 aromatic carbocycles. The van der Waals surface area contributed by atoms with Crippen molar-refractivity contribution >= 4 is 35.8 Å². The molecule has 1 amide bonds. The lowest BCUT2D eigenvalue weighted by atomic mass is 9.99. The van der Waals surface area contributed by atoms with Crippen LogP contribution < -0.4 is 16.0 Å². The lowest BCUT2D eigenvalue weighted by molar-refractivity contribution is -0.122. The zero-order valence-corrected chi connectivity index (χ0v) is 18.9. The third-order valence-corrected chi connectivity index (χ3v) is 5.15. The first-order valence-electron chi connectivity index (χ1n) is 9.77. The molecule has 0 spiro atoms. The molecule has 0 aromatic rings. The highest BCUT2D eigenvalue weighted by Crippen LogP contribution is 2.15. The Hall–Kier alpha value is -0.610. The van der Waals surface area contributed by atoms with Gasteiger partial charge in [-0.1, -0.05) is 0 Å². The molecule has 2 heterocycles. The summed E-state index contributed by atoms with van der Waals surface area (Å²) in [5.74, 6) is 1.71. The van der Waals surface area contributed by atoms with Crippen molar-refractivity contribution in [3.8, 4) is 0 Å². The first-order chi connectivity index (χ1) is 12.1. The number of carbonyl (C=O) groups is 1. The van der Waals surface area contributed by atoms with Crippen molar-refractivity contribution in [2.75, 3.05) is 59.9 Å². The summed E-state index contributed by atoms with van der Waals surface area (Å²) < 4.78 is 0. The molecular weight excluding hydrogens is 443 g/mol. The fourth-order valence-corrected chi connectivity index (χ4v) is 3.67. The van der Waals surface area contributed by atoms with Gasteiger partial charge in [-0.25, -0.2) is 0 Å². The van der Waals surface area contributed by atoms with Crippen LogP contribution in [0, 0.1) is 5.92 Å². The molecular formula is C18H37IN6O. The van der Waals surface area contributed by atoms with Gasteiger partial charge in [-0.15, -0.1) is 24.0 Å². The average molecular weight is 480 g/mol. The summed E-state index contributed by atoms with van der Waals surface area (Å²) in [4.78, 5) is 20.9. The average Bonchev–Trinajstić information content (AvgIpc) is 2.61. The zero-order chi connectivity index (χ0) is 18.1. The zero-order valence-electron chi connectivity index (χ0n) is 16.6. The van der Waals surface area contributed by atoms with Crippen LogP contribution in [0.15, 0.2) is 4.99 Å². The van der Waals surface area contributed by atoms with Crippen LogP contribution in [0.4, 0.5) is 0 Å². The van der Waals surface area contributed by atoms with Crippen molar-refractivity contribution in [3.63, 3.8) is 0 Å². The minimum absolute atomic E-state index is 0. The van der Waals surface area contributed by atoms with Crippen molar-refractivity contribution in [3.05, 3.63) is 0 Å². The Labute approximate surface area is 175 Å². The molecule has 0 radical (unpaired) electrons. The Bertz CT molecular complexity index is 439. The van der Waals surface area contributed by atoms with E-state index in [4.69, 9.17) is 4.99 Å². The van der Waals surface area contributed by atoms with Gasteiger partial charge in [0.05, 0.1) is 6.54 Å². The largest absolute Gasteiger partial charge is 0.358 e. The van der Waals surface area contributed by atoms with Crippen LogP contribution >= 0.6 is 24.0 Å². The van der Waals surface area contributed by atoms with E-state index in [1.807, 2.05) is 0 Å². The number of likely N-dealkylation sites (tertiary alicyclic amines) is 2. The van der Waals surface area contributed by atoms with E-state index in [-0.39, 0.29) is 29.9 Å². The highest BCUT2D eigenvalue weighted by molar-refractivity contribution is 14.0. The molecule has 1 unspecified atom stereocenters. The molecule has 3 N–H and O–H groups in total. The quantitative estimate of drug-likeness (QED) is 0.297. The Kier molecular flexibility index (Phi) is 11.5. The number of aliphatic imine (C=N–C) groups is 1.